The van der Waals surface area contributed by atoms with Crippen LogP contribution in [0.15, 0.2) is 4.90 Å². The average molecular weight is 304 g/mol. The third-order valence-corrected chi connectivity index (χ3v) is 5.24. The van der Waals surface area contributed by atoms with Crippen LogP contribution in [-0.2, 0) is 21.3 Å². The number of aromatic nitrogens is 2. The average Bonchev–Trinajstić information content (AvgIpc) is 2.71. The number of ether oxygens (including phenoxy) is 1. The number of nitrogens with zero attached hydrogens (tertiary/aromatic N) is 2. The van der Waals surface area contributed by atoms with Crippen LogP contribution >= 0.6 is 0 Å². The highest BCUT2D eigenvalue weighted by molar-refractivity contribution is 7.89. The van der Waals surface area contributed by atoms with Crippen LogP contribution in [0.3, 0.4) is 0 Å². The number of hydrogen-bond donors (Lipinski definition) is 2. The molecule has 1 heterocycles. The number of hydrogen-bond acceptors (Lipinski definition) is 5. The van der Waals surface area contributed by atoms with Gasteiger partial charge in [-0.1, -0.05) is 0 Å². The van der Waals surface area contributed by atoms with E-state index in [1.807, 2.05) is 13.8 Å². The molecule has 0 aliphatic rings. The lowest BCUT2D eigenvalue weighted by molar-refractivity contribution is 0.171. The van der Waals surface area contributed by atoms with Gasteiger partial charge in [0.15, 0.2) is 0 Å². The van der Waals surface area contributed by atoms with Crippen LogP contribution < -0.4 is 5.32 Å². The molecule has 0 radical (unpaired) electrons. The van der Waals surface area contributed by atoms with E-state index in [0.29, 0.717) is 31.1 Å². The van der Waals surface area contributed by atoms with Crippen molar-refractivity contribution in [3.63, 3.8) is 0 Å². The number of nitrogens with one attached hydrogen (secondary N) is 2. The van der Waals surface area contributed by atoms with Gasteiger partial charge < -0.3 is 10.1 Å². The Kier molecular flexibility index (Phi) is 6.12. The zero-order valence-electron chi connectivity index (χ0n) is 12.7. The molecule has 1 aromatic heterocycles. The summed E-state index contributed by atoms with van der Waals surface area (Å²) < 4.78 is 32.1. The van der Waals surface area contributed by atoms with E-state index in [0.717, 1.165) is 0 Å². The van der Waals surface area contributed by atoms with Crippen molar-refractivity contribution < 1.29 is 13.2 Å². The molecule has 0 aromatic carbocycles. The first-order valence-electron chi connectivity index (χ1n) is 6.55. The van der Waals surface area contributed by atoms with Gasteiger partial charge in [0.05, 0.1) is 18.0 Å². The summed E-state index contributed by atoms with van der Waals surface area (Å²) in [6, 6.07) is -0.146. The summed E-state index contributed by atoms with van der Waals surface area (Å²) in [5.74, 6) is 0. The Labute approximate surface area is 120 Å². The second-order valence-electron chi connectivity index (χ2n) is 4.86. The van der Waals surface area contributed by atoms with Crippen LogP contribution in [0.2, 0.25) is 0 Å². The minimum absolute atomic E-state index is 0.146. The second kappa shape index (κ2) is 7.16. The van der Waals surface area contributed by atoms with E-state index in [1.54, 1.807) is 21.1 Å². The topological polar surface area (TPSA) is 87.3 Å². The largest absolute Gasteiger partial charge is 0.383 e. The molecular formula is C12H24N4O3S. The number of sulfonamides is 1. The number of H-pyrrole nitrogens is 1. The van der Waals surface area contributed by atoms with E-state index in [1.165, 1.54) is 4.31 Å². The van der Waals surface area contributed by atoms with Gasteiger partial charge in [-0.15, -0.1) is 0 Å². The van der Waals surface area contributed by atoms with Crippen LogP contribution in [0.5, 0.6) is 0 Å². The number of aryl methyl sites for hydroxylation is 1. The molecule has 0 aliphatic heterocycles. The van der Waals surface area contributed by atoms with Gasteiger partial charge in [0.1, 0.15) is 4.90 Å². The molecule has 0 unspecified atom stereocenters. The maximum atomic E-state index is 12.8. The Morgan fingerprint density at radius 3 is 2.60 bits per heavy atom. The molecule has 0 atom stereocenters. The highest BCUT2D eigenvalue weighted by atomic mass is 32.2. The summed E-state index contributed by atoms with van der Waals surface area (Å²) in [4.78, 5) is 0.261. The SMILES string of the molecule is CNCc1n[nH]c(C)c1S(=O)(=O)N(CCOC)C(C)C. The Morgan fingerprint density at radius 2 is 2.10 bits per heavy atom. The minimum atomic E-state index is -3.59. The summed E-state index contributed by atoms with van der Waals surface area (Å²) in [6.07, 6.45) is 0. The van der Waals surface area contributed by atoms with Gasteiger partial charge >= 0.3 is 0 Å². The predicted molar refractivity (Wildman–Crippen MR) is 77.0 cm³/mol. The third kappa shape index (κ3) is 3.57. The Balaban J connectivity index is 3.22. The molecule has 0 saturated heterocycles. The summed E-state index contributed by atoms with van der Waals surface area (Å²) in [6.45, 7) is 6.49. The smallest absolute Gasteiger partial charge is 0.247 e. The van der Waals surface area contributed by atoms with Crippen molar-refractivity contribution in [2.45, 2.75) is 38.3 Å². The third-order valence-electron chi connectivity index (χ3n) is 2.96. The fourth-order valence-electron chi connectivity index (χ4n) is 2.05. The van der Waals surface area contributed by atoms with Crippen LogP contribution in [0.1, 0.15) is 25.2 Å². The lowest BCUT2D eigenvalue weighted by atomic mass is 10.4. The molecule has 0 fully saturated rings. The standard InChI is InChI=1S/C12H24N4O3S/c1-9(2)16(6-7-19-5)20(17,18)12-10(3)14-15-11(12)8-13-4/h9,13H,6-8H2,1-5H3,(H,14,15). The van der Waals surface area contributed by atoms with E-state index in [4.69, 9.17) is 4.74 Å². The van der Waals surface area contributed by atoms with Crippen molar-refractivity contribution in [1.29, 1.82) is 0 Å². The zero-order valence-corrected chi connectivity index (χ0v) is 13.5. The molecular weight excluding hydrogens is 280 g/mol. The van der Waals surface area contributed by atoms with Crippen molar-refractivity contribution in [2.75, 3.05) is 27.3 Å². The molecule has 8 heteroatoms. The summed E-state index contributed by atoms with van der Waals surface area (Å²) >= 11 is 0. The van der Waals surface area contributed by atoms with Crippen LogP contribution in [0, 0.1) is 6.92 Å². The summed E-state index contributed by atoms with van der Waals surface area (Å²) in [5, 5.41) is 9.75. The maximum Gasteiger partial charge on any atom is 0.247 e. The van der Waals surface area contributed by atoms with E-state index in [2.05, 4.69) is 15.5 Å². The quantitative estimate of drug-likeness (QED) is 0.729. The first-order chi connectivity index (χ1) is 9.36. The number of methoxy groups -OCH3 is 1. The van der Waals surface area contributed by atoms with E-state index >= 15 is 0 Å². The number of rotatable bonds is 8. The molecule has 0 aliphatic carbocycles. The van der Waals surface area contributed by atoms with Crippen molar-refractivity contribution in [2.24, 2.45) is 0 Å². The normalized spacial score (nSPS) is 12.6. The van der Waals surface area contributed by atoms with Gasteiger partial charge in [0.25, 0.3) is 0 Å². The second-order valence-corrected chi connectivity index (χ2v) is 6.68. The van der Waals surface area contributed by atoms with Crippen molar-refractivity contribution in [1.82, 2.24) is 19.8 Å². The van der Waals surface area contributed by atoms with Crippen LogP contribution in [-0.4, -0.2) is 56.3 Å². The van der Waals surface area contributed by atoms with Gasteiger partial charge in [-0.25, -0.2) is 8.42 Å². The van der Waals surface area contributed by atoms with Crippen molar-refractivity contribution >= 4 is 10.0 Å². The Bertz CT molecular complexity index is 525. The number of aromatic amines is 1. The van der Waals surface area contributed by atoms with Gasteiger partial charge in [-0.2, -0.15) is 9.40 Å². The molecule has 0 saturated carbocycles. The van der Waals surface area contributed by atoms with Crippen molar-refractivity contribution in [3.05, 3.63) is 11.4 Å². The van der Waals surface area contributed by atoms with E-state index in [-0.39, 0.29) is 10.9 Å². The fourth-order valence-corrected chi connectivity index (χ4v) is 4.01. The molecule has 116 valence electrons. The molecule has 1 aromatic rings. The molecule has 20 heavy (non-hydrogen) atoms. The molecule has 0 spiro atoms. The molecule has 7 nitrogen and oxygen atoms in total. The fraction of sp³-hybridized carbons (Fsp3) is 0.750. The van der Waals surface area contributed by atoms with E-state index in [9.17, 15) is 8.42 Å². The van der Waals surface area contributed by atoms with Crippen LogP contribution in [0.25, 0.3) is 0 Å². The van der Waals surface area contributed by atoms with Gasteiger partial charge in [0.2, 0.25) is 10.0 Å². The highest BCUT2D eigenvalue weighted by Crippen LogP contribution is 2.23. The monoisotopic (exact) mass is 304 g/mol. The highest BCUT2D eigenvalue weighted by Gasteiger charge is 2.32. The first kappa shape index (κ1) is 17.1. The van der Waals surface area contributed by atoms with Crippen LogP contribution in [0.4, 0.5) is 0 Å². The Hall–Kier alpha value is -0.960. The zero-order chi connectivity index (χ0) is 15.3. The molecule has 2 N–H and O–H groups in total. The van der Waals surface area contributed by atoms with E-state index < -0.39 is 10.0 Å². The maximum absolute atomic E-state index is 12.8. The lowest BCUT2D eigenvalue weighted by Crippen LogP contribution is -2.39. The minimum Gasteiger partial charge on any atom is -0.383 e. The van der Waals surface area contributed by atoms with Crippen molar-refractivity contribution in [3.8, 4) is 0 Å². The van der Waals surface area contributed by atoms with Gasteiger partial charge in [-0.3, -0.25) is 5.10 Å². The molecule has 0 bridgehead atoms. The first-order valence-corrected chi connectivity index (χ1v) is 7.99. The summed E-state index contributed by atoms with van der Waals surface area (Å²) in [7, 11) is -0.281. The molecule has 1 rings (SSSR count). The molecule has 0 amide bonds. The lowest BCUT2D eigenvalue weighted by Gasteiger charge is -2.25. The van der Waals surface area contributed by atoms with Gasteiger partial charge in [-0.05, 0) is 27.8 Å². The predicted octanol–water partition coefficient (Wildman–Crippen LogP) is 0.483. The Morgan fingerprint density at radius 1 is 1.45 bits per heavy atom. The van der Waals surface area contributed by atoms with Gasteiger partial charge in [0, 0.05) is 26.2 Å². The summed E-state index contributed by atoms with van der Waals surface area (Å²) in [5.41, 5.74) is 1.06.